The Morgan fingerprint density at radius 2 is 2.04 bits per heavy atom. The fourth-order valence-electron chi connectivity index (χ4n) is 2.38. The summed E-state index contributed by atoms with van der Waals surface area (Å²) in [7, 11) is 0. The van der Waals surface area contributed by atoms with Crippen molar-refractivity contribution in [2.45, 2.75) is 13.5 Å². The van der Waals surface area contributed by atoms with E-state index in [1.165, 1.54) is 6.92 Å². The van der Waals surface area contributed by atoms with Crippen LogP contribution >= 0.6 is 0 Å². The van der Waals surface area contributed by atoms with Crippen LogP contribution in [0, 0.1) is 11.3 Å². The first-order chi connectivity index (χ1) is 11.7. The fourth-order valence-corrected chi connectivity index (χ4v) is 2.38. The van der Waals surface area contributed by atoms with Crippen LogP contribution in [0.3, 0.4) is 0 Å². The van der Waals surface area contributed by atoms with Crippen molar-refractivity contribution < 1.29 is 4.79 Å². The fraction of sp³-hybridized carbons (Fsp3) is 0.105. The molecule has 0 saturated heterocycles. The Morgan fingerprint density at radius 1 is 1.25 bits per heavy atom. The molecule has 2 aromatic carbocycles. The molecule has 0 aliphatic carbocycles. The van der Waals surface area contributed by atoms with Gasteiger partial charge in [-0.1, -0.05) is 18.2 Å². The van der Waals surface area contributed by atoms with E-state index in [2.05, 4.69) is 16.5 Å². The Balaban J connectivity index is 1.77. The maximum Gasteiger partial charge on any atom is 0.159 e. The summed E-state index contributed by atoms with van der Waals surface area (Å²) in [6.45, 7) is 2.03. The van der Waals surface area contributed by atoms with E-state index in [1.54, 1.807) is 29.1 Å². The Hall–Kier alpha value is -3.39. The van der Waals surface area contributed by atoms with Gasteiger partial charge >= 0.3 is 0 Å². The number of carbonyl (C=O) groups is 1. The number of aromatic nitrogens is 2. The molecule has 1 heterocycles. The molecule has 1 N–H and O–H groups in total. The van der Waals surface area contributed by atoms with Crippen LogP contribution in [-0.2, 0) is 6.54 Å². The third-order valence-corrected chi connectivity index (χ3v) is 3.69. The number of rotatable bonds is 5. The lowest BCUT2D eigenvalue weighted by Gasteiger charge is -2.08. The van der Waals surface area contributed by atoms with Gasteiger partial charge in [-0.2, -0.15) is 10.4 Å². The van der Waals surface area contributed by atoms with Crippen LogP contribution < -0.4 is 5.32 Å². The number of Topliss-reactive ketones (excluding diaryl/α,β-unsaturated/α-hetero) is 1. The molecular formula is C19H16N4O. The van der Waals surface area contributed by atoms with Crippen molar-refractivity contribution in [1.82, 2.24) is 9.78 Å². The molecule has 0 unspecified atom stereocenters. The Kier molecular flexibility index (Phi) is 4.39. The number of nitriles is 1. The molecule has 0 fully saturated rings. The number of ketones is 1. The van der Waals surface area contributed by atoms with E-state index < -0.39 is 0 Å². The second-order valence-corrected chi connectivity index (χ2v) is 5.41. The number of benzene rings is 2. The molecule has 24 heavy (non-hydrogen) atoms. The van der Waals surface area contributed by atoms with Crippen LogP contribution in [0.5, 0.6) is 0 Å². The number of nitrogens with one attached hydrogen (secondary N) is 1. The van der Waals surface area contributed by atoms with Gasteiger partial charge in [0.25, 0.3) is 0 Å². The topological polar surface area (TPSA) is 70.7 Å². The quantitative estimate of drug-likeness (QED) is 0.731. The van der Waals surface area contributed by atoms with Gasteiger partial charge in [-0.15, -0.1) is 0 Å². The maximum absolute atomic E-state index is 11.5. The van der Waals surface area contributed by atoms with Gasteiger partial charge in [0, 0.05) is 23.9 Å². The molecule has 0 spiro atoms. The molecule has 0 aliphatic heterocycles. The average Bonchev–Trinajstić information content (AvgIpc) is 3.09. The van der Waals surface area contributed by atoms with Gasteiger partial charge in [0.2, 0.25) is 0 Å². The Labute approximate surface area is 140 Å². The number of para-hydroxylation sites is 1. The summed E-state index contributed by atoms with van der Waals surface area (Å²) in [4.78, 5) is 11.5. The number of anilines is 1. The van der Waals surface area contributed by atoms with E-state index in [0.29, 0.717) is 23.4 Å². The van der Waals surface area contributed by atoms with E-state index in [1.807, 2.05) is 36.5 Å². The summed E-state index contributed by atoms with van der Waals surface area (Å²) in [6, 6.07) is 17.0. The van der Waals surface area contributed by atoms with E-state index in [4.69, 9.17) is 0 Å². The lowest BCUT2D eigenvalue weighted by Crippen LogP contribution is -2.03. The van der Waals surface area contributed by atoms with Crippen molar-refractivity contribution in [3.63, 3.8) is 0 Å². The van der Waals surface area contributed by atoms with E-state index in [9.17, 15) is 10.1 Å². The standard InChI is InChI=1S/C19H16N4O/c1-14(24)16-7-8-17(10-20)19(9-16)21-11-15-12-22-23(13-15)18-5-3-2-4-6-18/h2-9,12-13,21H,11H2,1H3. The first kappa shape index (κ1) is 15.5. The first-order valence-corrected chi connectivity index (χ1v) is 7.55. The third kappa shape index (κ3) is 3.33. The molecule has 0 saturated carbocycles. The number of carbonyl (C=O) groups excluding carboxylic acids is 1. The summed E-state index contributed by atoms with van der Waals surface area (Å²) >= 11 is 0. The predicted octanol–water partition coefficient (Wildman–Crippen LogP) is 3.56. The molecule has 118 valence electrons. The largest absolute Gasteiger partial charge is 0.380 e. The molecule has 0 atom stereocenters. The average molecular weight is 316 g/mol. The van der Waals surface area contributed by atoms with Gasteiger partial charge in [0.05, 0.1) is 23.1 Å². The highest BCUT2D eigenvalue weighted by atomic mass is 16.1. The summed E-state index contributed by atoms with van der Waals surface area (Å²) in [5.41, 5.74) is 3.71. The van der Waals surface area contributed by atoms with Crippen LogP contribution in [0.15, 0.2) is 60.9 Å². The van der Waals surface area contributed by atoms with Gasteiger partial charge in [0.15, 0.2) is 5.78 Å². The minimum absolute atomic E-state index is 0.0283. The second-order valence-electron chi connectivity index (χ2n) is 5.41. The molecule has 0 radical (unpaired) electrons. The third-order valence-electron chi connectivity index (χ3n) is 3.69. The van der Waals surface area contributed by atoms with Crippen molar-refractivity contribution in [1.29, 1.82) is 5.26 Å². The smallest absolute Gasteiger partial charge is 0.159 e. The van der Waals surface area contributed by atoms with Crippen LogP contribution in [0.4, 0.5) is 5.69 Å². The highest BCUT2D eigenvalue weighted by Crippen LogP contribution is 2.19. The molecule has 1 aromatic heterocycles. The van der Waals surface area contributed by atoms with Crippen molar-refractivity contribution in [3.05, 3.63) is 77.6 Å². The second kappa shape index (κ2) is 6.80. The summed E-state index contributed by atoms with van der Waals surface area (Å²) in [5, 5.41) is 16.8. The Bertz CT molecular complexity index is 907. The molecule has 3 rings (SSSR count). The zero-order chi connectivity index (χ0) is 16.9. The summed E-state index contributed by atoms with van der Waals surface area (Å²) in [5.74, 6) is -0.0283. The van der Waals surface area contributed by atoms with Crippen LogP contribution in [0.2, 0.25) is 0 Å². The minimum Gasteiger partial charge on any atom is -0.380 e. The highest BCUT2D eigenvalue weighted by Gasteiger charge is 2.07. The van der Waals surface area contributed by atoms with Crippen molar-refractivity contribution in [2.24, 2.45) is 0 Å². The molecule has 3 aromatic rings. The van der Waals surface area contributed by atoms with Gasteiger partial charge in [-0.3, -0.25) is 4.79 Å². The minimum atomic E-state index is -0.0283. The summed E-state index contributed by atoms with van der Waals surface area (Å²) in [6.07, 6.45) is 3.71. The van der Waals surface area contributed by atoms with Crippen LogP contribution in [0.1, 0.15) is 28.4 Å². The zero-order valence-electron chi connectivity index (χ0n) is 13.2. The van der Waals surface area contributed by atoms with Gasteiger partial charge in [0.1, 0.15) is 6.07 Å². The SMILES string of the molecule is CC(=O)c1ccc(C#N)c(NCc2cnn(-c3ccccc3)c2)c1. The number of nitrogens with zero attached hydrogens (tertiary/aromatic N) is 3. The lowest BCUT2D eigenvalue weighted by molar-refractivity contribution is 0.101. The van der Waals surface area contributed by atoms with E-state index in [-0.39, 0.29) is 5.78 Å². The maximum atomic E-state index is 11.5. The molecular weight excluding hydrogens is 300 g/mol. The normalized spacial score (nSPS) is 10.2. The lowest BCUT2D eigenvalue weighted by atomic mass is 10.1. The zero-order valence-corrected chi connectivity index (χ0v) is 13.2. The molecule has 5 heteroatoms. The van der Waals surface area contributed by atoms with Crippen LogP contribution in [0.25, 0.3) is 5.69 Å². The first-order valence-electron chi connectivity index (χ1n) is 7.55. The Morgan fingerprint density at radius 3 is 2.75 bits per heavy atom. The van der Waals surface area contributed by atoms with Gasteiger partial charge in [-0.25, -0.2) is 4.68 Å². The van der Waals surface area contributed by atoms with Gasteiger partial charge < -0.3 is 5.32 Å². The molecule has 0 aliphatic rings. The molecule has 0 amide bonds. The monoisotopic (exact) mass is 316 g/mol. The predicted molar refractivity (Wildman–Crippen MR) is 92.1 cm³/mol. The van der Waals surface area contributed by atoms with Crippen molar-refractivity contribution in [3.8, 4) is 11.8 Å². The van der Waals surface area contributed by atoms with Crippen LogP contribution in [-0.4, -0.2) is 15.6 Å². The molecule has 0 bridgehead atoms. The number of hydrogen-bond donors (Lipinski definition) is 1. The summed E-state index contributed by atoms with van der Waals surface area (Å²) < 4.78 is 1.80. The highest BCUT2D eigenvalue weighted by molar-refractivity contribution is 5.95. The van der Waals surface area contributed by atoms with E-state index >= 15 is 0 Å². The molecule has 5 nitrogen and oxygen atoms in total. The van der Waals surface area contributed by atoms with Crippen molar-refractivity contribution >= 4 is 11.5 Å². The number of hydrogen-bond acceptors (Lipinski definition) is 4. The van der Waals surface area contributed by atoms with Gasteiger partial charge in [-0.05, 0) is 37.3 Å². The van der Waals surface area contributed by atoms with E-state index in [0.717, 1.165) is 11.3 Å². The van der Waals surface area contributed by atoms with Crippen molar-refractivity contribution in [2.75, 3.05) is 5.32 Å².